The van der Waals surface area contributed by atoms with Crippen LogP contribution in [0.25, 0.3) is 0 Å². The number of nitrogens with one attached hydrogen (secondary N) is 1. The summed E-state index contributed by atoms with van der Waals surface area (Å²) in [4.78, 5) is 4.67. The Balaban J connectivity index is 1.82. The first-order valence-electron chi connectivity index (χ1n) is 6.01. The number of aromatic nitrogens is 1. The van der Waals surface area contributed by atoms with Crippen molar-refractivity contribution < 1.29 is 0 Å². The molecule has 15 heavy (non-hydrogen) atoms. The average molecular weight is 224 g/mol. The molecule has 0 aliphatic heterocycles. The first-order chi connectivity index (χ1) is 7.33. The Labute approximate surface area is 96.1 Å². The van der Waals surface area contributed by atoms with Crippen molar-refractivity contribution in [3.8, 4) is 0 Å². The highest BCUT2D eigenvalue weighted by Gasteiger charge is 2.25. The van der Waals surface area contributed by atoms with Crippen LogP contribution in [-0.2, 0) is 6.54 Å². The standard InChI is InChI=1S/C12H20N2S/c1-3-10(4-2)13-7-12-14-11(8-15-12)9-5-6-9/h8-10,13H,3-7H2,1-2H3. The third-order valence-electron chi connectivity index (χ3n) is 3.09. The maximum absolute atomic E-state index is 4.67. The molecule has 1 fully saturated rings. The van der Waals surface area contributed by atoms with Crippen molar-refractivity contribution in [2.75, 3.05) is 0 Å². The Morgan fingerprint density at radius 2 is 2.20 bits per heavy atom. The molecule has 1 aromatic heterocycles. The average Bonchev–Trinajstić information content (AvgIpc) is 3.01. The minimum Gasteiger partial charge on any atom is -0.308 e. The van der Waals surface area contributed by atoms with Gasteiger partial charge < -0.3 is 5.32 Å². The van der Waals surface area contributed by atoms with Crippen molar-refractivity contribution in [1.29, 1.82) is 0 Å². The van der Waals surface area contributed by atoms with Gasteiger partial charge in [-0.3, -0.25) is 0 Å². The van der Waals surface area contributed by atoms with E-state index in [9.17, 15) is 0 Å². The van der Waals surface area contributed by atoms with Crippen molar-refractivity contribution in [2.45, 2.75) is 58.0 Å². The molecule has 2 rings (SSSR count). The SMILES string of the molecule is CCC(CC)NCc1nc(C2CC2)cs1. The molecule has 3 heteroatoms. The summed E-state index contributed by atoms with van der Waals surface area (Å²) in [6.07, 6.45) is 5.11. The second-order valence-corrected chi connectivity index (χ2v) is 5.28. The first kappa shape index (κ1) is 11.1. The summed E-state index contributed by atoms with van der Waals surface area (Å²) < 4.78 is 0. The molecular weight excluding hydrogens is 204 g/mol. The molecule has 0 aromatic carbocycles. The van der Waals surface area contributed by atoms with Gasteiger partial charge in [0.1, 0.15) is 5.01 Å². The summed E-state index contributed by atoms with van der Waals surface area (Å²) in [5.74, 6) is 0.795. The van der Waals surface area contributed by atoms with Crippen LogP contribution in [0.2, 0.25) is 0 Å². The molecular formula is C12H20N2S. The zero-order chi connectivity index (χ0) is 10.7. The van der Waals surface area contributed by atoms with Gasteiger partial charge in [-0.15, -0.1) is 11.3 Å². The molecule has 0 amide bonds. The Kier molecular flexibility index (Phi) is 3.76. The van der Waals surface area contributed by atoms with Gasteiger partial charge >= 0.3 is 0 Å². The molecule has 1 aromatic rings. The van der Waals surface area contributed by atoms with Gasteiger partial charge in [0.05, 0.1) is 5.69 Å². The number of thiazole rings is 1. The van der Waals surface area contributed by atoms with Gasteiger partial charge in [-0.25, -0.2) is 4.98 Å². The lowest BCUT2D eigenvalue weighted by Crippen LogP contribution is -2.26. The summed E-state index contributed by atoms with van der Waals surface area (Å²) in [5.41, 5.74) is 1.33. The minimum absolute atomic E-state index is 0.651. The highest BCUT2D eigenvalue weighted by atomic mass is 32.1. The van der Waals surface area contributed by atoms with E-state index in [0.29, 0.717) is 6.04 Å². The van der Waals surface area contributed by atoms with Gasteiger partial charge in [0.25, 0.3) is 0 Å². The predicted octanol–water partition coefficient (Wildman–Crippen LogP) is 3.30. The normalized spacial score (nSPS) is 16.2. The van der Waals surface area contributed by atoms with Crippen LogP contribution < -0.4 is 5.32 Å². The largest absolute Gasteiger partial charge is 0.308 e. The minimum atomic E-state index is 0.651. The van der Waals surface area contributed by atoms with Crippen LogP contribution in [0.1, 0.15) is 56.2 Å². The van der Waals surface area contributed by atoms with Gasteiger partial charge in [-0.1, -0.05) is 13.8 Å². The second kappa shape index (κ2) is 5.08. The van der Waals surface area contributed by atoms with Crippen LogP contribution in [0, 0.1) is 0 Å². The highest BCUT2D eigenvalue weighted by Crippen LogP contribution is 2.40. The van der Waals surface area contributed by atoms with E-state index in [1.807, 2.05) is 11.3 Å². The molecule has 2 nitrogen and oxygen atoms in total. The van der Waals surface area contributed by atoms with Crippen LogP contribution in [0.15, 0.2) is 5.38 Å². The Bertz CT molecular complexity index is 300. The van der Waals surface area contributed by atoms with E-state index >= 15 is 0 Å². The van der Waals surface area contributed by atoms with Crippen molar-refractivity contribution >= 4 is 11.3 Å². The van der Waals surface area contributed by atoms with Gasteiger partial charge in [0.2, 0.25) is 0 Å². The fraction of sp³-hybridized carbons (Fsp3) is 0.750. The van der Waals surface area contributed by atoms with Gasteiger partial charge in [-0.2, -0.15) is 0 Å². The quantitative estimate of drug-likeness (QED) is 0.802. The molecule has 1 heterocycles. The second-order valence-electron chi connectivity index (χ2n) is 4.33. The van der Waals surface area contributed by atoms with E-state index in [1.54, 1.807) is 0 Å². The van der Waals surface area contributed by atoms with Crippen LogP contribution in [-0.4, -0.2) is 11.0 Å². The van der Waals surface area contributed by atoms with E-state index in [-0.39, 0.29) is 0 Å². The van der Waals surface area contributed by atoms with E-state index in [4.69, 9.17) is 0 Å². The van der Waals surface area contributed by atoms with Crippen molar-refractivity contribution in [3.63, 3.8) is 0 Å². The van der Waals surface area contributed by atoms with E-state index in [2.05, 4.69) is 29.5 Å². The monoisotopic (exact) mass is 224 g/mol. The van der Waals surface area contributed by atoms with Crippen LogP contribution in [0.4, 0.5) is 0 Å². The fourth-order valence-electron chi connectivity index (χ4n) is 1.78. The molecule has 1 aliphatic carbocycles. The smallest absolute Gasteiger partial charge is 0.107 e. The molecule has 0 spiro atoms. The van der Waals surface area contributed by atoms with E-state index in [0.717, 1.165) is 12.5 Å². The van der Waals surface area contributed by atoms with Gasteiger partial charge in [0, 0.05) is 23.9 Å². The Morgan fingerprint density at radius 3 is 2.80 bits per heavy atom. The van der Waals surface area contributed by atoms with Crippen LogP contribution >= 0.6 is 11.3 Å². The summed E-state index contributed by atoms with van der Waals surface area (Å²) >= 11 is 1.81. The molecule has 1 aliphatic rings. The summed E-state index contributed by atoms with van der Waals surface area (Å²) in [6.45, 7) is 5.42. The molecule has 84 valence electrons. The topological polar surface area (TPSA) is 24.9 Å². The van der Waals surface area contributed by atoms with Crippen molar-refractivity contribution in [1.82, 2.24) is 10.3 Å². The molecule has 1 saturated carbocycles. The zero-order valence-corrected chi connectivity index (χ0v) is 10.4. The molecule has 0 saturated heterocycles. The van der Waals surface area contributed by atoms with Crippen molar-refractivity contribution in [2.24, 2.45) is 0 Å². The maximum Gasteiger partial charge on any atom is 0.107 e. The van der Waals surface area contributed by atoms with Gasteiger partial charge in [0.15, 0.2) is 0 Å². The Morgan fingerprint density at radius 1 is 1.47 bits per heavy atom. The Hall–Kier alpha value is -0.410. The zero-order valence-electron chi connectivity index (χ0n) is 9.62. The predicted molar refractivity (Wildman–Crippen MR) is 65.3 cm³/mol. The fourth-order valence-corrected chi connectivity index (χ4v) is 2.61. The molecule has 0 unspecified atom stereocenters. The third-order valence-corrected chi connectivity index (χ3v) is 3.96. The molecule has 1 N–H and O–H groups in total. The maximum atomic E-state index is 4.67. The third kappa shape index (κ3) is 3.02. The number of nitrogens with zero attached hydrogens (tertiary/aromatic N) is 1. The van der Waals surface area contributed by atoms with E-state index in [1.165, 1.54) is 36.4 Å². The lowest BCUT2D eigenvalue weighted by Gasteiger charge is -2.12. The van der Waals surface area contributed by atoms with Crippen molar-refractivity contribution in [3.05, 3.63) is 16.1 Å². The van der Waals surface area contributed by atoms with Gasteiger partial charge in [-0.05, 0) is 25.7 Å². The summed E-state index contributed by atoms with van der Waals surface area (Å²) in [5, 5.41) is 7.05. The number of hydrogen-bond donors (Lipinski definition) is 1. The van der Waals surface area contributed by atoms with Crippen LogP contribution in [0.3, 0.4) is 0 Å². The molecule has 0 radical (unpaired) electrons. The number of rotatable bonds is 6. The summed E-state index contributed by atoms with van der Waals surface area (Å²) in [6, 6.07) is 0.651. The molecule has 0 atom stereocenters. The lowest BCUT2D eigenvalue weighted by atomic mass is 10.2. The lowest BCUT2D eigenvalue weighted by molar-refractivity contribution is 0.483. The number of hydrogen-bond acceptors (Lipinski definition) is 3. The van der Waals surface area contributed by atoms with Crippen LogP contribution in [0.5, 0.6) is 0 Å². The summed E-state index contributed by atoms with van der Waals surface area (Å²) in [7, 11) is 0. The first-order valence-corrected chi connectivity index (χ1v) is 6.89. The van der Waals surface area contributed by atoms with E-state index < -0.39 is 0 Å². The highest BCUT2D eigenvalue weighted by molar-refractivity contribution is 7.09. The molecule has 0 bridgehead atoms.